The summed E-state index contributed by atoms with van der Waals surface area (Å²) in [7, 11) is 1.25. The normalized spacial score (nSPS) is 10.4. The van der Waals surface area contributed by atoms with Crippen LogP contribution >= 0.6 is 15.9 Å². The Labute approximate surface area is 119 Å². The molecule has 0 atom stereocenters. The predicted molar refractivity (Wildman–Crippen MR) is 72.3 cm³/mol. The van der Waals surface area contributed by atoms with E-state index in [-0.39, 0.29) is 22.6 Å². The summed E-state index contributed by atoms with van der Waals surface area (Å²) in [5.41, 5.74) is 0.178. The molecule has 0 aliphatic rings. The Balaban J connectivity index is 3.06. The predicted octanol–water partition coefficient (Wildman–Crippen LogP) is 2.61. The van der Waals surface area contributed by atoms with E-state index in [0.717, 1.165) is 0 Å². The molecule has 0 N–H and O–H groups in total. The van der Waals surface area contributed by atoms with Crippen molar-refractivity contribution in [2.24, 2.45) is 0 Å². The summed E-state index contributed by atoms with van der Waals surface area (Å²) >= 11 is 3.04. The minimum Gasteiger partial charge on any atom is -0.468 e. The standard InChI is InChI=1S/C13H15BrFNO3/c1-8(2)16(7-11(17)19-3)13(18)9-5-4-6-10(15)12(9)14/h4-6,8H,7H2,1-3H3. The van der Waals surface area contributed by atoms with Crippen LogP contribution in [0.25, 0.3) is 0 Å². The number of amides is 1. The Hall–Kier alpha value is -1.43. The molecule has 4 nitrogen and oxygen atoms in total. The third kappa shape index (κ3) is 3.76. The van der Waals surface area contributed by atoms with Gasteiger partial charge in [-0.25, -0.2) is 4.39 Å². The van der Waals surface area contributed by atoms with Gasteiger partial charge >= 0.3 is 5.97 Å². The summed E-state index contributed by atoms with van der Waals surface area (Å²) in [6.07, 6.45) is 0. The highest BCUT2D eigenvalue weighted by Gasteiger charge is 2.24. The van der Waals surface area contributed by atoms with Crippen molar-refractivity contribution in [3.63, 3.8) is 0 Å². The summed E-state index contributed by atoms with van der Waals surface area (Å²) in [5, 5.41) is 0. The third-order valence-electron chi connectivity index (χ3n) is 2.59. The monoisotopic (exact) mass is 331 g/mol. The topological polar surface area (TPSA) is 46.6 Å². The van der Waals surface area contributed by atoms with Crippen molar-refractivity contribution >= 4 is 27.8 Å². The highest BCUT2D eigenvalue weighted by Crippen LogP contribution is 2.22. The van der Waals surface area contributed by atoms with Crippen LogP contribution in [0.4, 0.5) is 4.39 Å². The first-order valence-corrected chi connectivity index (χ1v) is 6.49. The average molecular weight is 332 g/mol. The Morgan fingerprint density at radius 3 is 2.58 bits per heavy atom. The van der Waals surface area contributed by atoms with Crippen LogP contribution in [-0.2, 0) is 9.53 Å². The summed E-state index contributed by atoms with van der Waals surface area (Å²) in [5.74, 6) is -1.46. The summed E-state index contributed by atoms with van der Waals surface area (Å²) in [4.78, 5) is 25.0. The zero-order valence-corrected chi connectivity index (χ0v) is 12.5. The first kappa shape index (κ1) is 15.6. The van der Waals surface area contributed by atoms with E-state index in [9.17, 15) is 14.0 Å². The van der Waals surface area contributed by atoms with Crippen molar-refractivity contribution in [3.05, 3.63) is 34.1 Å². The highest BCUT2D eigenvalue weighted by atomic mass is 79.9. The van der Waals surface area contributed by atoms with E-state index in [0.29, 0.717) is 0 Å². The number of carbonyl (C=O) groups is 2. The van der Waals surface area contributed by atoms with Crippen LogP contribution < -0.4 is 0 Å². The highest BCUT2D eigenvalue weighted by molar-refractivity contribution is 9.10. The van der Waals surface area contributed by atoms with E-state index in [1.165, 1.54) is 30.2 Å². The molecule has 1 amide bonds. The van der Waals surface area contributed by atoms with Gasteiger partial charge in [0.25, 0.3) is 5.91 Å². The SMILES string of the molecule is COC(=O)CN(C(=O)c1cccc(F)c1Br)C(C)C. The number of ether oxygens (including phenoxy) is 1. The van der Waals surface area contributed by atoms with Crippen molar-refractivity contribution in [1.82, 2.24) is 4.90 Å². The molecule has 1 aromatic carbocycles. The number of hydrogen-bond donors (Lipinski definition) is 0. The van der Waals surface area contributed by atoms with Crippen LogP contribution in [0.2, 0.25) is 0 Å². The molecule has 0 aromatic heterocycles. The molecule has 0 fully saturated rings. The fourth-order valence-electron chi connectivity index (χ4n) is 1.52. The molecule has 104 valence electrons. The maximum absolute atomic E-state index is 13.4. The molecule has 0 bridgehead atoms. The van der Waals surface area contributed by atoms with E-state index in [2.05, 4.69) is 20.7 Å². The minimum atomic E-state index is -0.521. The molecule has 6 heteroatoms. The third-order valence-corrected chi connectivity index (χ3v) is 3.40. The van der Waals surface area contributed by atoms with Crippen LogP contribution in [-0.4, -0.2) is 36.5 Å². The van der Waals surface area contributed by atoms with Crippen molar-refractivity contribution in [1.29, 1.82) is 0 Å². The van der Waals surface area contributed by atoms with Crippen molar-refractivity contribution < 1.29 is 18.7 Å². The Bertz CT molecular complexity index is 491. The lowest BCUT2D eigenvalue weighted by atomic mass is 10.1. The van der Waals surface area contributed by atoms with Crippen LogP contribution in [0, 0.1) is 5.82 Å². The van der Waals surface area contributed by atoms with Crippen LogP contribution in [0.3, 0.4) is 0 Å². The minimum absolute atomic E-state index is 0.0931. The lowest BCUT2D eigenvalue weighted by Crippen LogP contribution is -2.41. The first-order valence-electron chi connectivity index (χ1n) is 5.70. The van der Waals surface area contributed by atoms with Gasteiger partial charge in [-0.3, -0.25) is 9.59 Å². The fraction of sp³-hybridized carbons (Fsp3) is 0.385. The second-order valence-electron chi connectivity index (χ2n) is 4.20. The number of esters is 1. The number of benzene rings is 1. The quantitative estimate of drug-likeness (QED) is 0.797. The zero-order valence-electron chi connectivity index (χ0n) is 10.9. The molecule has 0 aliphatic heterocycles. The lowest BCUT2D eigenvalue weighted by molar-refractivity contribution is -0.141. The lowest BCUT2D eigenvalue weighted by Gasteiger charge is -2.26. The average Bonchev–Trinajstić information content (AvgIpc) is 2.37. The summed E-state index contributed by atoms with van der Waals surface area (Å²) in [6, 6.07) is 3.99. The Morgan fingerprint density at radius 2 is 2.05 bits per heavy atom. The summed E-state index contributed by atoms with van der Waals surface area (Å²) < 4.78 is 18.1. The molecule has 0 unspecified atom stereocenters. The molecular weight excluding hydrogens is 317 g/mol. The first-order chi connectivity index (χ1) is 8.88. The van der Waals surface area contributed by atoms with Crippen molar-refractivity contribution in [2.45, 2.75) is 19.9 Å². The van der Waals surface area contributed by atoms with Crippen LogP contribution in [0.5, 0.6) is 0 Å². The van der Waals surface area contributed by atoms with E-state index >= 15 is 0 Å². The molecule has 0 heterocycles. The second kappa shape index (κ2) is 6.65. The van der Waals surface area contributed by atoms with E-state index in [4.69, 9.17) is 0 Å². The smallest absolute Gasteiger partial charge is 0.325 e. The van der Waals surface area contributed by atoms with Gasteiger partial charge in [0.05, 0.1) is 17.1 Å². The molecule has 0 aliphatic carbocycles. The number of hydrogen-bond acceptors (Lipinski definition) is 3. The number of carbonyl (C=O) groups excluding carboxylic acids is 2. The van der Waals surface area contributed by atoms with Gasteiger partial charge in [-0.15, -0.1) is 0 Å². The number of nitrogens with zero attached hydrogens (tertiary/aromatic N) is 1. The molecule has 1 rings (SSSR count). The summed E-state index contributed by atoms with van der Waals surface area (Å²) in [6.45, 7) is 3.37. The van der Waals surface area contributed by atoms with E-state index < -0.39 is 17.7 Å². The molecule has 0 spiro atoms. The van der Waals surface area contributed by atoms with Crippen molar-refractivity contribution in [3.8, 4) is 0 Å². The molecule has 1 aromatic rings. The zero-order chi connectivity index (χ0) is 14.6. The largest absolute Gasteiger partial charge is 0.468 e. The Kier molecular flexibility index (Phi) is 5.47. The molecule has 0 radical (unpaired) electrons. The maximum Gasteiger partial charge on any atom is 0.325 e. The van der Waals surface area contributed by atoms with Gasteiger partial charge in [0.1, 0.15) is 12.4 Å². The van der Waals surface area contributed by atoms with Crippen LogP contribution in [0.1, 0.15) is 24.2 Å². The molecule has 19 heavy (non-hydrogen) atoms. The van der Waals surface area contributed by atoms with E-state index in [1.54, 1.807) is 13.8 Å². The molecule has 0 saturated carbocycles. The number of methoxy groups -OCH3 is 1. The van der Waals surface area contributed by atoms with Gasteiger partial charge in [0, 0.05) is 6.04 Å². The second-order valence-corrected chi connectivity index (χ2v) is 5.00. The molecular formula is C13H15BrFNO3. The fourth-order valence-corrected chi connectivity index (χ4v) is 1.95. The van der Waals surface area contributed by atoms with Gasteiger partial charge < -0.3 is 9.64 Å². The Morgan fingerprint density at radius 1 is 1.42 bits per heavy atom. The van der Waals surface area contributed by atoms with Gasteiger partial charge in [-0.2, -0.15) is 0 Å². The van der Waals surface area contributed by atoms with Gasteiger partial charge in [0.2, 0.25) is 0 Å². The number of halogens is 2. The van der Waals surface area contributed by atoms with Gasteiger partial charge in [0.15, 0.2) is 0 Å². The number of rotatable bonds is 4. The van der Waals surface area contributed by atoms with Gasteiger partial charge in [-0.05, 0) is 41.9 Å². The van der Waals surface area contributed by atoms with Crippen molar-refractivity contribution in [2.75, 3.05) is 13.7 Å². The van der Waals surface area contributed by atoms with Crippen LogP contribution in [0.15, 0.2) is 22.7 Å². The molecule has 0 saturated heterocycles. The maximum atomic E-state index is 13.4. The van der Waals surface area contributed by atoms with E-state index in [1.807, 2.05) is 0 Å². The van der Waals surface area contributed by atoms with Gasteiger partial charge in [-0.1, -0.05) is 6.07 Å².